The van der Waals surface area contributed by atoms with Crippen molar-refractivity contribution in [3.63, 3.8) is 0 Å². The molecule has 0 amide bonds. The van der Waals surface area contributed by atoms with Crippen LogP contribution in [-0.4, -0.2) is 21.2 Å². The summed E-state index contributed by atoms with van der Waals surface area (Å²) in [5, 5.41) is 0. The fourth-order valence-electron chi connectivity index (χ4n) is 1.91. The molecular weight excluding hydrogens is 264 g/mol. The van der Waals surface area contributed by atoms with Crippen molar-refractivity contribution < 1.29 is 0 Å². The number of nitrogens with zero attached hydrogens (tertiary/aromatic N) is 3. The summed E-state index contributed by atoms with van der Waals surface area (Å²) in [6.45, 7) is 0. The van der Waals surface area contributed by atoms with E-state index < -0.39 is 0 Å². The van der Waals surface area contributed by atoms with Crippen LogP contribution in [0.25, 0.3) is 11.3 Å². The fourth-order valence-corrected chi connectivity index (χ4v) is 1.91. The molecule has 0 bridgehead atoms. The highest BCUT2D eigenvalue weighted by molar-refractivity contribution is 5.84. The van der Waals surface area contributed by atoms with Crippen LogP contribution in [0.4, 0.5) is 5.69 Å². The van der Waals surface area contributed by atoms with Crippen LogP contribution in [0.5, 0.6) is 0 Å². The second kappa shape index (κ2) is 5.92. The lowest BCUT2D eigenvalue weighted by molar-refractivity contribution is 1.11. The summed E-state index contributed by atoms with van der Waals surface area (Å²) in [5.41, 5.74) is 2.27. The van der Waals surface area contributed by atoms with E-state index in [1.165, 1.54) is 6.33 Å². The van der Waals surface area contributed by atoms with Gasteiger partial charge in [0.2, 0.25) is 0 Å². The lowest BCUT2D eigenvalue weighted by atomic mass is 10.1. The number of hydrogen-bond acceptors (Lipinski definition) is 4. The molecule has 102 valence electrons. The van der Waals surface area contributed by atoms with Gasteiger partial charge in [0, 0.05) is 24.2 Å². The Morgan fingerprint density at radius 3 is 2.57 bits per heavy atom. The number of aromatic amines is 1. The number of rotatable bonds is 3. The van der Waals surface area contributed by atoms with Crippen LogP contribution in [0.3, 0.4) is 0 Å². The van der Waals surface area contributed by atoms with Gasteiger partial charge in [0.15, 0.2) is 5.69 Å². The minimum atomic E-state index is -0.274. The first-order valence-electron chi connectivity index (χ1n) is 6.42. The van der Waals surface area contributed by atoms with Crippen molar-refractivity contribution in [1.29, 1.82) is 0 Å². The van der Waals surface area contributed by atoms with Gasteiger partial charge in [0.1, 0.15) is 5.69 Å². The number of pyridine rings is 1. The predicted molar refractivity (Wildman–Crippen MR) is 81.8 cm³/mol. The topological polar surface area (TPSA) is 71.0 Å². The van der Waals surface area contributed by atoms with Crippen LogP contribution < -0.4 is 5.56 Å². The molecular formula is C16H12N4O. The molecule has 2 aromatic heterocycles. The molecule has 0 aliphatic rings. The first kappa shape index (κ1) is 12.9. The van der Waals surface area contributed by atoms with E-state index in [4.69, 9.17) is 0 Å². The molecule has 3 aromatic rings. The maximum absolute atomic E-state index is 12.0. The second-order valence-corrected chi connectivity index (χ2v) is 4.33. The predicted octanol–water partition coefficient (Wildman–Crippen LogP) is 2.58. The summed E-state index contributed by atoms with van der Waals surface area (Å²) in [5.74, 6) is 0. The molecule has 0 spiro atoms. The molecule has 0 aliphatic carbocycles. The number of benzene rings is 1. The molecule has 0 aliphatic heterocycles. The minimum Gasteiger partial charge on any atom is -0.311 e. The van der Waals surface area contributed by atoms with Crippen LogP contribution in [0.2, 0.25) is 0 Å². The van der Waals surface area contributed by atoms with Gasteiger partial charge in [-0.1, -0.05) is 30.3 Å². The standard InChI is InChI=1S/C16H12N4O/c21-16-15(18-10-12-4-2-1-3-5-12)14(19-11-20-16)13-6-8-17-9-7-13/h1-11H,(H,19,20,21). The molecule has 5 heteroatoms. The molecule has 3 rings (SSSR count). The molecule has 2 heterocycles. The molecule has 1 aromatic carbocycles. The van der Waals surface area contributed by atoms with Gasteiger partial charge in [0.05, 0.1) is 6.33 Å². The fraction of sp³-hybridized carbons (Fsp3) is 0. The summed E-state index contributed by atoms with van der Waals surface area (Å²) in [4.78, 5) is 27.1. The average Bonchev–Trinajstić information content (AvgIpc) is 2.55. The normalized spacial score (nSPS) is 10.9. The molecule has 5 nitrogen and oxygen atoms in total. The Morgan fingerprint density at radius 1 is 1.05 bits per heavy atom. The van der Waals surface area contributed by atoms with E-state index in [-0.39, 0.29) is 11.2 Å². The highest BCUT2D eigenvalue weighted by atomic mass is 16.1. The summed E-state index contributed by atoms with van der Waals surface area (Å²) in [7, 11) is 0. The smallest absolute Gasteiger partial charge is 0.277 e. The average molecular weight is 276 g/mol. The van der Waals surface area contributed by atoms with E-state index in [9.17, 15) is 4.79 Å². The largest absolute Gasteiger partial charge is 0.311 e. The number of aromatic nitrogens is 3. The molecule has 0 saturated carbocycles. The number of H-pyrrole nitrogens is 1. The summed E-state index contributed by atoms with van der Waals surface area (Å²) in [6.07, 6.45) is 6.34. The van der Waals surface area contributed by atoms with Crippen molar-refractivity contribution in [2.45, 2.75) is 0 Å². The van der Waals surface area contributed by atoms with Gasteiger partial charge in [-0.05, 0) is 17.7 Å². The van der Waals surface area contributed by atoms with Crippen molar-refractivity contribution in [3.05, 3.63) is 77.1 Å². The van der Waals surface area contributed by atoms with E-state index in [0.29, 0.717) is 5.69 Å². The summed E-state index contributed by atoms with van der Waals surface area (Å²) in [6, 6.07) is 13.2. The minimum absolute atomic E-state index is 0.274. The van der Waals surface area contributed by atoms with Gasteiger partial charge in [-0.15, -0.1) is 0 Å². The monoisotopic (exact) mass is 276 g/mol. The van der Waals surface area contributed by atoms with E-state index in [1.807, 2.05) is 30.3 Å². The zero-order valence-corrected chi connectivity index (χ0v) is 11.1. The Balaban J connectivity index is 2.06. The molecule has 0 unspecified atom stereocenters. The highest BCUT2D eigenvalue weighted by Gasteiger charge is 2.09. The van der Waals surface area contributed by atoms with Crippen molar-refractivity contribution in [3.8, 4) is 11.3 Å². The molecule has 0 atom stereocenters. The third-order valence-corrected chi connectivity index (χ3v) is 2.92. The summed E-state index contributed by atoms with van der Waals surface area (Å²) < 4.78 is 0. The Labute approximate surface area is 121 Å². The van der Waals surface area contributed by atoms with Gasteiger partial charge in [0.25, 0.3) is 5.56 Å². The Kier molecular flexibility index (Phi) is 3.64. The van der Waals surface area contributed by atoms with Crippen LogP contribution in [0.1, 0.15) is 5.56 Å². The first-order chi connectivity index (χ1) is 10.3. The second-order valence-electron chi connectivity index (χ2n) is 4.33. The lowest BCUT2D eigenvalue weighted by Crippen LogP contribution is -2.07. The maximum Gasteiger partial charge on any atom is 0.277 e. The molecule has 1 N–H and O–H groups in total. The third kappa shape index (κ3) is 2.92. The molecule has 0 radical (unpaired) electrons. The van der Waals surface area contributed by atoms with Gasteiger partial charge in [-0.2, -0.15) is 0 Å². The first-order valence-corrected chi connectivity index (χ1v) is 6.42. The quantitative estimate of drug-likeness (QED) is 0.747. The molecule has 0 fully saturated rings. The van der Waals surface area contributed by atoms with Crippen LogP contribution in [0, 0.1) is 0 Å². The number of nitrogens with one attached hydrogen (secondary N) is 1. The molecule has 0 saturated heterocycles. The molecule has 21 heavy (non-hydrogen) atoms. The number of hydrogen-bond donors (Lipinski definition) is 1. The van der Waals surface area contributed by atoms with Gasteiger partial charge in [-0.25, -0.2) is 9.98 Å². The lowest BCUT2D eigenvalue weighted by Gasteiger charge is -2.03. The van der Waals surface area contributed by atoms with E-state index >= 15 is 0 Å². The zero-order valence-electron chi connectivity index (χ0n) is 11.1. The third-order valence-electron chi connectivity index (χ3n) is 2.92. The van der Waals surface area contributed by atoms with Gasteiger partial charge in [-0.3, -0.25) is 9.78 Å². The van der Waals surface area contributed by atoms with E-state index in [0.717, 1.165) is 11.1 Å². The van der Waals surface area contributed by atoms with Crippen LogP contribution >= 0.6 is 0 Å². The van der Waals surface area contributed by atoms with E-state index in [2.05, 4.69) is 19.9 Å². The Hall–Kier alpha value is -3.08. The number of aliphatic imine (C=N–C) groups is 1. The summed E-state index contributed by atoms with van der Waals surface area (Å²) >= 11 is 0. The van der Waals surface area contributed by atoms with Crippen LogP contribution in [-0.2, 0) is 0 Å². The van der Waals surface area contributed by atoms with Crippen molar-refractivity contribution in [2.75, 3.05) is 0 Å². The van der Waals surface area contributed by atoms with Crippen molar-refractivity contribution >= 4 is 11.9 Å². The van der Waals surface area contributed by atoms with Gasteiger partial charge < -0.3 is 4.98 Å². The Bertz CT molecular complexity index is 810. The SMILES string of the molecule is O=c1[nH]cnc(-c2ccncc2)c1N=Cc1ccccc1. The zero-order chi connectivity index (χ0) is 14.5. The van der Waals surface area contributed by atoms with Crippen molar-refractivity contribution in [1.82, 2.24) is 15.0 Å². The van der Waals surface area contributed by atoms with Crippen molar-refractivity contribution in [2.24, 2.45) is 4.99 Å². The van der Waals surface area contributed by atoms with Crippen LogP contribution in [0.15, 0.2) is 71.0 Å². The van der Waals surface area contributed by atoms with E-state index in [1.54, 1.807) is 30.7 Å². The maximum atomic E-state index is 12.0. The highest BCUT2D eigenvalue weighted by Crippen LogP contribution is 2.23. The van der Waals surface area contributed by atoms with Gasteiger partial charge >= 0.3 is 0 Å². The Morgan fingerprint density at radius 2 is 1.81 bits per heavy atom.